The molecule has 122 valence electrons. The number of rotatable bonds is 6. The van der Waals surface area contributed by atoms with Crippen LogP contribution < -0.4 is 10.0 Å². The van der Waals surface area contributed by atoms with Crippen molar-refractivity contribution >= 4 is 33.2 Å². The van der Waals surface area contributed by atoms with E-state index in [1.807, 2.05) is 0 Å². The number of carboxylic acids is 1. The largest absolute Gasteiger partial charge is 0.480 e. The van der Waals surface area contributed by atoms with Crippen LogP contribution in [-0.4, -0.2) is 37.5 Å². The molecular formula is C13H18N2O5S2. The van der Waals surface area contributed by atoms with Crippen molar-refractivity contribution in [2.45, 2.75) is 41.9 Å². The normalized spacial score (nSPS) is 17.8. The van der Waals surface area contributed by atoms with Gasteiger partial charge in [-0.1, -0.05) is 25.3 Å². The van der Waals surface area contributed by atoms with Gasteiger partial charge in [0.2, 0.25) is 5.91 Å². The summed E-state index contributed by atoms with van der Waals surface area (Å²) in [6.45, 7) is -0.477. The molecule has 2 rings (SSSR count). The van der Waals surface area contributed by atoms with Crippen molar-refractivity contribution < 1.29 is 23.1 Å². The summed E-state index contributed by atoms with van der Waals surface area (Å²) in [5.41, 5.74) is -1.27. The molecule has 0 radical (unpaired) electrons. The van der Waals surface area contributed by atoms with Gasteiger partial charge in [-0.2, -0.15) is 0 Å². The summed E-state index contributed by atoms with van der Waals surface area (Å²) >= 11 is 1.05. The van der Waals surface area contributed by atoms with E-state index in [1.54, 1.807) is 11.4 Å². The lowest BCUT2D eigenvalue weighted by Gasteiger charge is -2.33. The Labute approximate surface area is 132 Å². The number of nitrogens with one attached hydrogen (secondary N) is 2. The van der Waals surface area contributed by atoms with E-state index in [1.165, 1.54) is 6.07 Å². The van der Waals surface area contributed by atoms with E-state index in [9.17, 15) is 23.1 Å². The van der Waals surface area contributed by atoms with Crippen LogP contribution in [0.2, 0.25) is 0 Å². The molecule has 1 amide bonds. The zero-order valence-corrected chi connectivity index (χ0v) is 13.5. The zero-order valence-electron chi connectivity index (χ0n) is 11.9. The topological polar surface area (TPSA) is 113 Å². The molecule has 1 fully saturated rings. The van der Waals surface area contributed by atoms with Crippen LogP contribution in [0.5, 0.6) is 0 Å². The van der Waals surface area contributed by atoms with Crippen molar-refractivity contribution in [1.82, 2.24) is 10.0 Å². The Morgan fingerprint density at radius 3 is 2.50 bits per heavy atom. The Morgan fingerprint density at radius 2 is 1.95 bits per heavy atom. The SMILES string of the molecule is O=C(CNS(=O)(=O)c1cccs1)NC1(C(=O)O)CCCCC1. The van der Waals surface area contributed by atoms with E-state index >= 15 is 0 Å². The molecule has 0 aliphatic heterocycles. The van der Waals surface area contributed by atoms with Gasteiger partial charge in [-0.15, -0.1) is 11.3 Å². The van der Waals surface area contributed by atoms with E-state index in [2.05, 4.69) is 10.0 Å². The number of hydrogen-bond donors (Lipinski definition) is 3. The second-order valence-electron chi connectivity index (χ2n) is 5.25. The van der Waals surface area contributed by atoms with E-state index in [0.29, 0.717) is 12.8 Å². The van der Waals surface area contributed by atoms with E-state index in [0.717, 1.165) is 30.6 Å². The second-order valence-corrected chi connectivity index (χ2v) is 8.19. The zero-order chi connectivity index (χ0) is 16.2. The molecule has 0 aromatic carbocycles. The first-order valence-corrected chi connectivity index (χ1v) is 9.30. The number of carboxylic acid groups (broad SMARTS) is 1. The fourth-order valence-electron chi connectivity index (χ4n) is 2.51. The predicted octanol–water partition coefficient (Wildman–Crippen LogP) is 0.930. The average molecular weight is 346 g/mol. The highest BCUT2D eigenvalue weighted by molar-refractivity contribution is 7.91. The van der Waals surface area contributed by atoms with Gasteiger partial charge in [-0.05, 0) is 24.3 Å². The summed E-state index contributed by atoms with van der Waals surface area (Å²) < 4.78 is 26.1. The lowest BCUT2D eigenvalue weighted by Crippen LogP contribution is -2.57. The van der Waals surface area contributed by atoms with Crippen molar-refractivity contribution in [3.8, 4) is 0 Å². The van der Waals surface area contributed by atoms with Crippen molar-refractivity contribution in [2.75, 3.05) is 6.54 Å². The quantitative estimate of drug-likeness (QED) is 0.709. The smallest absolute Gasteiger partial charge is 0.329 e. The van der Waals surface area contributed by atoms with Gasteiger partial charge < -0.3 is 10.4 Å². The highest BCUT2D eigenvalue weighted by Gasteiger charge is 2.40. The summed E-state index contributed by atoms with van der Waals surface area (Å²) in [5, 5.41) is 13.5. The summed E-state index contributed by atoms with van der Waals surface area (Å²) in [7, 11) is -3.73. The number of sulfonamides is 1. The van der Waals surface area contributed by atoms with Crippen molar-refractivity contribution in [2.24, 2.45) is 0 Å². The van der Waals surface area contributed by atoms with Crippen LogP contribution in [0.1, 0.15) is 32.1 Å². The first-order valence-electron chi connectivity index (χ1n) is 6.93. The number of amides is 1. The fourth-order valence-corrected chi connectivity index (χ4v) is 4.53. The number of hydrogen-bond acceptors (Lipinski definition) is 5. The number of aliphatic carboxylic acids is 1. The van der Waals surface area contributed by atoms with Crippen LogP contribution in [-0.2, 0) is 19.6 Å². The maximum Gasteiger partial charge on any atom is 0.329 e. The lowest BCUT2D eigenvalue weighted by molar-refractivity contribution is -0.149. The molecule has 1 aliphatic carbocycles. The molecule has 1 aliphatic rings. The summed E-state index contributed by atoms with van der Waals surface area (Å²) in [6.07, 6.45) is 3.13. The van der Waals surface area contributed by atoms with Gasteiger partial charge in [-0.3, -0.25) is 4.79 Å². The van der Waals surface area contributed by atoms with Crippen LogP contribution in [0.25, 0.3) is 0 Å². The first-order chi connectivity index (χ1) is 10.4. The molecule has 9 heteroatoms. The standard InChI is InChI=1S/C13H18N2O5S2/c16-10(9-14-22(19,20)11-5-4-8-21-11)15-13(12(17)18)6-2-1-3-7-13/h4-5,8,14H,1-3,6-7,9H2,(H,15,16)(H,17,18). The maximum atomic E-state index is 11.9. The molecule has 7 nitrogen and oxygen atoms in total. The van der Waals surface area contributed by atoms with Gasteiger partial charge in [-0.25, -0.2) is 17.9 Å². The van der Waals surface area contributed by atoms with E-state index < -0.39 is 34.0 Å². The minimum atomic E-state index is -3.73. The average Bonchev–Trinajstić information content (AvgIpc) is 3.01. The van der Waals surface area contributed by atoms with Crippen molar-refractivity contribution in [3.63, 3.8) is 0 Å². The van der Waals surface area contributed by atoms with Gasteiger partial charge in [0, 0.05) is 0 Å². The monoisotopic (exact) mass is 346 g/mol. The Bertz CT molecular complexity index is 633. The van der Waals surface area contributed by atoms with Crippen LogP contribution in [0, 0.1) is 0 Å². The van der Waals surface area contributed by atoms with Crippen LogP contribution >= 0.6 is 11.3 Å². The molecule has 22 heavy (non-hydrogen) atoms. The molecule has 1 aromatic heterocycles. The molecule has 3 N–H and O–H groups in total. The summed E-state index contributed by atoms with van der Waals surface area (Å²) in [6, 6.07) is 3.03. The molecule has 0 atom stereocenters. The predicted molar refractivity (Wildman–Crippen MR) is 81.1 cm³/mol. The lowest BCUT2D eigenvalue weighted by atomic mass is 9.81. The van der Waals surface area contributed by atoms with Crippen molar-refractivity contribution in [3.05, 3.63) is 17.5 Å². The van der Waals surface area contributed by atoms with Crippen LogP contribution in [0.3, 0.4) is 0 Å². The van der Waals surface area contributed by atoms with Crippen LogP contribution in [0.15, 0.2) is 21.7 Å². The number of carbonyl (C=O) groups excluding carboxylic acids is 1. The third-order valence-electron chi connectivity index (χ3n) is 3.68. The maximum absolute atomic E-state index is 11.9. The minimum absolute atomic E-state index is 0.117. The van der Waals surface area contributed by atoms with Gasteiger partial charge in [0.25, 0.3) is 10.0 Å². The third kappa shape index (κ3) is 3.84. The fraction of sp³-hybridized carbons (Fsp3) is 0.538. The Kier molecular flexibility index (Phi) is 5.20. The molecule has 0 saturated heterocycles. The first kappa shape index (κ1) is 16.9. The van der Waals surface area contributed by atoms with Crippen LogP contribution in [0.4, 0.5) is 0 Å². The minimum Gasteiger partial charge on any atom is -0.480 e. The molecule has 0 spiro atoms. The molecule has 1 saturated carbocycles. The summed E-state index contributed by atoms with van der Waals surface area (Å²) in [5.74, 6) is -1.70. The number of carbonyl (C=O) groups is 2. The Hall–Kier alpha value is -1.45. The van der Waals surface area contributed by atoms with Gasteiger partial charge in [0.05, 0.1) is 6.54 Å². The van der Waals surface area contributed by atoms with Gasteiger partial charge in [0.1, 0.15) is 9.75 Å². The highest BCUT2D eigenvalue weighted by Crippen LogP contribution is 2.28. The van der Waals surface area contributed by atoms with Gasteiger partial charge in [0.15, 0.2) is 0 Å². The van der Waals surface area contributed by atoms with Gasteiger partial charge >= 0.3 is 5.97 Å². The van der Waals surface area contributed by atoms with E-state index in [4.69, 9.17) is 0 Å². The highest BCUT2D eigenvalue weighted by atomic mass is 32.2. The van der Waals surface area contributed by atoms with Crippen molar-refractivity contribution in [1.29, 1.82) is 0 Å². The molecule has 0 unspecified atom stereocenters. The Balaban J connectivity index is 1.96. The number of thiophene rings is 1. The molecule has 1 heterocycles. The van der Waals surface area contributed by atoms with E-state index in [-0.39, 0.29) is 4.21 Å². The second kappa shape index (κ2) is 6.76. The third-order valence-corrected chi connectivity index (χ3v) is 6.48. The molecule has 1 aromatic rings. The molecule has 0 bridgehead atoms. The summed E-state index contributed by atoms with van der Waals surface area (Å²) in [4.78, 5) is 23.4. The molecular weight excluding hydrogens is 328 g/mol. The Morgan fingerprint density at radius 1 is 1.27 bits per heavy atom.